The number of aryl methyl sites for hydroxylation is 2. The van der Waals surface area contributed by atoms with Gasteiger partial charge in [0.2, 0.25) is 0 Å². The van der Waals surface area contributed by atoms with Crippen LogP contribution in [0.3, 0.4) is 0 Å². The van der Waals surface area contributed by atoms with E-state index in [9.17, 15) is 12.8 Å². The van der Waals surface area contributed by atoms with Gasteiger partial charge in [-0.25, -0.2) is 12.8 Å². The van der Waals surface area contributed by atoms with Crippen molar-refractivity contribution in [2.24, 2.45) is 0 Å². The van der Waals surface area contributed by atoms with E-state index in [-0.39, 0.29) is 10.6 Å². The molecule has 0 aliphatic rings. The van der Waals surface area contributed by atoms with Crippen molar-refractivity contribution in [2.45, 2.75) is 31.0 Å². The van der Waals surface area contributed by atoms with Crippen molar-refractivity contribution < 1.29 is 12.8 Å². The molecule has 2 aromatic rings. The summed E-state index contributed by atoms with van der Waals surface area (Å²) in [6.07, 6.45) is 0. The van der Waals surface area contributed by atoms with Crippen LogP contribution in [0.2, 0.25) is 0 Å². The Kier molecular flexibility index (Phi) is 4.29. The van der Waals surface area contributed by atoms with Crippen LogP contribution in [-0.4, -0.2) is 18.2 Å². The maximum atomic E-state index is 13.2. The summed E-state index contributed by atoms with van der Waals surface area (Å²) in [5.41, 5.74) is 1.31. The molecule has 0 spiro atoms. The van der Waals surface area contributed by atoms with E-state index in [0.717, 1.165) is 11.8 Å². The molecule has 1 aromatic heterocycles. The highest BCUT2D eigenvalue weighted by Gasteiger charge is 2.22. The quantitative estimate of drug-likeness (QED) is 0.841. The Morgan fingerprint density at radius 1 is 1.40 bits per heavy atom. The second kappa shape index (κ2) is 5.65. The fourth-order valence-electron chi connectivity index (χ4n) is 1.93. The van der Waals surface area contributed by atoms with E-state index in [0.29, 0.717) is 16.7 Å². The maximum absolute atomic E-state index is 13.2. The van der Waals surface area contributed by atoms with E-state index in [1.54, 1.807) is 11.6 Å². The molecule has 0 saturated heterocycles. The molecule has 4 nitrogen and oxygen atoms in total. The Labute approximate surface area is 125 Å². The second-order valence-electron chi connectivity index (χ2n) is 4.38. The van der Waals surface area contributed by atoms with Crippen molar-refractivity contribution >= 4 is 25.8 Å². The van der Waals surface area contributed by atoms with E-state index in [4.69, 9.17) is 0 Å². The lowest BCUT2D eigenvalue weighted by atomic mass is 10.3. The van der Waals surface area contributed by atoms with Gasteiger partial charge in [-0.15, -0.1) is 0 Å². The third kappa shape index (κ3) is 2.93. The first-order chi connectivity index (χ1) is 9.35. The van der Waals surface area contributed by atoms with E-state index in [1.807, 2.05) is 6.92 Å². The summed E-state index contributed by atoms with van der Waals surface area (Å²) in [5, 5.41) is 4.26. The van der Waals surface area contributed by atoms with E-state index in [1.165, 1.54) is 18.2 Å². The summed E-state index contributed by atoms with van der Waals surface area (Å²) in [7, 11) is -3.61. The molecule has 1 heterocycles. The Bertz CT molecular complexity index is 741. The van der Waals surface area contributed by atoms with E-state index >= 15 is 0 Å². The van der Waals surface area contributed by atoms with Gasteiger partial charge >= 0.3 is 0 Å². The van der Waals surface area contributed by atoms with Crippen LogP contribution in [0.4, 0.5) is 4.39 Å². The van der Waals surface area contributed by atoms with Gasteiger partial charge in [0.15, 0.2) is 9.84 Å². The van der Waals surface area contributed by atoms with Crippen LogP contribution in [0.5, 0.6) is 0 Å². The largest absolute Gasteiger partial charge is 0.267 e. The first kappa shape index (κ1) is 15.2. The second-order valence-corrected chi connectivity index (χ2v) is 7.16. The monoisotopic (exact) mass is 360 g/mol. The van der Waals surface area contributed by atoms with Gasteiger partial charge < -0.3 is 0 Å². The van der Waals surface area contributed by atoms with Crippen LogP contribution in [0.15, 0.2) is 33.6 Å². The zero-order valence-electron chi connectivity index (χ0n) is 11.1. The highest BCUT2D eigenvalue weighted by atomic mass is 79.9. The van der Waals surface area contributed by atoms with Crippen LogP contribution in [-0.2, 0) is 22.1 Å². The zero-order chi connectivity index (χ0) is 14.9. The van der Waals surface area contributed by atoms with Crippen molar-refractivity contribution in [3.8, 4) is 0 Å². The normalized spacial score (nSPS) is 11.8. The van der Waals surface area contributed by atoms with Crippen molar-refractivity contribution in [1.82, 2.24) is 9.78 Å². The average Bonchev–Trinajstić information content (AvgIpc) is 2.66. The average molecular weight is 361 g/mol. The number of sulfone groups is 1. The Morgan fingerprint density at radius 3 is 2.70 bits per heavy atom. The fraction of sp³-hybridized carbons (Fsp3) is 0.308. The first-order valence-electron chi connectivity index (χ1n) is 6.05. The van der Waals surface area contributed by atoms with Crippen LogP contribution < -0.4 is 0 Å². The molecule has 0 aliphatic carbocycles. The predicted molar refractivity (Wildman–Crippen MR) is 77.6 cm³/mol. The van der Waals surface area contributed by atoms with Gasteiger partial charge in [0.1, 0.15) is 5.82 Å². The van der Waals surface area contributed by atoms with Crippen LogP contribution >= 0.6 is 15.9 Å². The van der Waals surface area contributed by atoms with Crippen molar-refractivity contribution in [3.05, 3.63) is 45.9 Å². The number of hydrogen-bond donors (Lipinski definition) is 0. The number of hydrogen-bond acceptors (Lipinski definition) is 3. The van der Waals surface area contributed by atoms with Crippen molar-refractivity contribution in [3.63, 3.8) is 0 Å². The highest BCUT2D eigenvalue weighted by molar-refractivity contribution is 9.10. The fourth-order valence-corrected chi connectivity index (χ4v) is 3.94. The minimum atomic E-state index is -3.61. The molecule has 20 heavy (non-hydrogen) atoms. The molecule has 2 rings (SSSR count). The maximum Gasteiger partial charge on any atom is 0.184 e. The molecule has 0 unspecified atom stereocenters. The van der Waals surface area contributed by atoms with Gasteiger partial charge in [-0.3, -0.25) is 4.68 Å². The van der Waals surface area contributed by atoms with Gasteiger partial charge in [0, 0.05) is 6.54 Å². The predicted octanol–water partition coefficient (Wildman–Crippen LogP) is 3.09. The summed E-state index contributed by atoms with van der Waals surface area (Å²) in [5.74, 6) is -0.781. The molecular weight excluding hydrogens is 347 g/mol. The minimum absolute atomic E-state index is 0.0223. The zero-order valence-corrected chi connectivity index (χ0v) is 13.5. The summed E-state index contributed by atoms with van der Waals surface area (Å²) in [4.78, 5) is -0.0223. The van der Waals surface area contributed by atoms with Gasteiger partial charge in [0.25, 0.3) is 0 Å². The molecule has 0 saturated carbocycles. The van der Waals surface area contributed by atoms with Gasteiger partial charge in [-0.05, 0) is 48.0 Å². The number of aromatic nitrogens is 2. The molecule has 0 fully saturated rings. The van der Waals surface area contributed by atoms with Crippen LogP contribution in [0, 0.1) is 12.7 Å². The van der Waals surface area contributed by atoms with Crippen LogP contribution in [0.1, 0.15) is 18.3 Å². The van der Waals surface area contributed by atoms with E-state index in [2.05, 4.69) is 21.0 Å². The molecular formula is C13H14BrFN2O2S. The van der Waals surface area contributed by atoms with Gasteiger partial charge in [-0.2, -0.15) is 5.10 Å². The molecule has 0 bridgehead atoms. The Hall–Kier alpha value is -1.21. The molecule has 108 valence electrons. The molecule has 7 heteroatoms. The Balaban J connectivity index is 2.43. The van der Waals surface area contributed by atoms with Gasteiger partial charge in [-0.1, -0.05) is 6.07 Å². The smallest absolute Gasteiger partial charge is 0.184 e. The molecule has 0 amide bonds. The lowest BCUT2D eigenvalue weighted by Crippen LogP contribution is -2.11. The molecule has 0 N–H and O–H groups in total. The lowest BCUT2D eigenvalue weighted by Gasteiger charge is -2.07. The van der Waals surface area contributed by atoms with Crippen molar-refractivity contribution in [2.75, 3.05) is 0 Å². The minimum Gasteiger partial charge on any atom is -0.267 e. The molecule has 0 aliphatic heterocycles. The van der Waals surface area contributed by atoms with Crippen LogP contribution in [0.25, 0.3) is 0 Å². The summed E-state index contributed by atoms with van der Waals surface area (Å²) >= 11 is 3.36. The third-order valence-electron chi connectivity index (χ3n) is 2.93. The standard InChI is InChI=1S/C13H14BrFN2O2S/c1-3-17-12(13(14)9(2)16-17)8-20(18,19)11-6-4-5-10(15)7-11/h4-7H,3,8H2,1-2H3. The lowest BCUT2D eigenvalue weighted by molar-refractivity contribution is 0.581. The SMILES string of the molecule is CCn1nc(C)c(Br)c1CS(=O)(=O)c1cccc(F)c1. The number of halogens is 2. The number of rotatable bonds is 4. The summed E-state index contributed by atoms with van der Waals surface area (Å²) < 4.78 is 40.2. The van der Waals surface area contributed by atoms with Gasteiger partial charge in [0.05, 0.1) is 26.5 Å². The molecule has 0 atom stereocenters. The van der Waals surface area contributed by atoms with E-state index < -0.39 is 15.7 Å². The number of nitrogens with zero attached hydrogens (tertiary/aromatic N) is 2. The topological polar surface area (TPSA) is 52.0 Å². The molecule has 1 aromatic carbocycles. The Morgan fingerprint density at radius 2 is 2.10 bits per heavy atom. The summed E-state index contributed by atoms with van der Waals surface area (Å²) in [6.45, 7) is 4.26. The summed E-state index contributed by atoms with van der Waals surface area (Å²) in [6, 6.07) is 5.03. The highest BCUT2D eigenvalue weighted by Crippen LogP contribution is 2.25. The first-order valence-corrected chi connectivity index (χ1v) is 8.49. The molecule has 0 radical (unpaired) electrons. The third-order valence-corrected chi connectivity index (χ3v) is 5.59. The van der Waals surface area contributed by atoms with Crippen molar-refractivity contribution in [1.29, 1.82) is 0 Å². The number of benzene rings is 1.